The van der Waals surface area contributed by atoms with Crippen molar-refractivity contribution in [3.63, 3.8) is 0 Å². The highest BCUT2D eigenvalue weighted by atomic mass is 19.1. The first-order valence-electron chi connectivity index (χ1n) is 8.20. The number of nitrogens with one attached hydrogen (secondary N) is 1. The third-order valence-electron chi connectivity index (χ3n) is 5.03. The fraction of sp³-hybridized carbons (Fsp3) is 0.667. The monoisotopic (exact) mass is 292 g/mol. The van der Waals surface area contributed by atoms with Crippen molar-refractivity contribution in [2.24, 2.45) is 11.8 Å². The van der Waals surface area contributed by atoms with Crippen molar-refractivity contribution >= 4 is 5.69 Å². The maximum atomic E-state index is 13.9. The molecule has 1 aromatic carbocycles. The molecule has 0 amide bonds. The second-order valence-electron chi connectivity index (χ2n) is 6.75. The molecule has 1 aliphatic heterocycles. The minimum Gasteiger partial charge on any atom is -0.365 e. The summed E-state index contributed by atoms with van der Waals surface area (Å²) in [6.07, 6.45) is 1.17. The van der Waals surface area contributed by atoms with Gasteiger partial charge in [0.2, 0.25) is 0 Å². The fourth-order valence-corrected chi connectivity index (χ4v) is 3.24. The van der Waals surface area contributed by atoms with Crippen LogP contribution in [0.3, 0.4) is 0 Å². The van der Waals surface area contributed by atoms with Gasteiger partial charge in [0.15, 0.2) is 0 Å². The third kappa shape index (κ3) is 3.39. The van der Waals surface area contributed by atoms with Crippen molar-refractivity contribution in [1.29, 1.82) is 0 Å². The van der Waals surface area contributed by atoms with E-state index in [0.29, 0.717) is 23.9 Å². The Labute approximate surface area is 128 Å². The van der Waals surface area contributed by atoms with Gasteiger partial charge in [-0.25, -0.2) is 4.39 Å². The van der Waals surface area contributed by atoms with Crippen molar-refractivity contribution in [2.45, 2.75) is 53.1 Å². The first-order valence-corrected chi connectivity index (χ1v) is 8.20. The summed E-state index contributed by atoms with van der Waals surface area (Å²) in [5.41, 5.74) is 1.83. The van der Waals surface area contributed by atoms with E-state index in [-0.39, 0.29) is 5.82 Å². The molecule has 2 rings (SSSR count). The summed E-state index contributed by atoms with van der Waals surface area (Å²) in [4.78, 5) is 2.43. The molecule has 1 N–H and O–H groups in total. The highest BCUT2D eigenvalue weighted by Crippen LogP contribution is 2.29. The minimum absolute atomic E-state index is 0.103. The van der Waals surface area contributed by atoms with Crippen LogP contribution in [0.25, 0.3) is 0 Å². The largest absolute Gasteiger partial charge is 0.365 e. The lowest BCUT2D eigenvalue weighted by Crippen LogP contribution is -2.60. The Kier molecular flexibility index (Phi) is 5.26. The van der Waals surface area contributed by atoms with Crippen molar-refractivity contribution in [1.82, 2.24) is 5.32 Å². The Morgan fingerprint density at radius 2 is 2.05 bits per heavy atom. The zero-order chi connectivity index (χ0) is 15.6. The number of nitrogens with zero attached hydrogens (tertiary/aromatic N) is 1. The number of hydrogen-bond donors (Lipinski definition) is 1. The van der Waals surface area contributed by atoms with Crippen LogP contribution in [0.5, 0.6) is 0 Å². The Balaban J connectivity index is 2.31. The summed E-state index contributed by atoms with van der Waals surface area (Å²) < 4.78 is 13.9. The van der Waals surface area contributed by atoms with E-state index < -0.39 is 0 Å². The van der Waals surface area contributed by atoms with Gasteiger partial charge in [-0.1, -0.05) is 40.2 Å². The number of rotatable bonds is 4. The Morgan fingerprint density at radius 1 is 1.33 bits per heavy atom. The van der Waals surface area contributed by atoms with E-state index in [2.05, 4.69) is 44.0 Å². The van der Waals surface area contributed by atoms with E-state index in [9.17, 15) is 4.39 Å². The summed E-state index contributed by atoms with van der Waals surface area (Å²) in [6.45, 7) is 12.9. The zero-order valence-electron chi connectivity index (χ0n) is 14.0. The molecular formula is C18H29FN2. The second-order valence-corrected chi connectivity index (χ2v) is 6.75. The lowest BCUT2D eigenvalue weighted by Gasteiger charge is -2.46. The molecule has 3 atom stereocenters. The molecule has 1 fully saturated rings. The molecule has 3 unspecified atom stereocenters. The van der Waals surface area contributed by atoms with Gasteiger partial charge in [-0.05, 0) is 30.9 Å². The van der Waals surface area contributed by atoms with Crippen LogP contribution >= 0.6 is 0 Å². The lowest BCUT2D eigenvalue weighted by atomic mass is 9.91. The van der Waals surface area contributed by atoms with Crippen LogP contribution in [0, 0.1) is 24.6 Å². The number of halogens is 1. The van der Waals surface area contributed by atoms with Gasteiger partial charge in [0.05, 0.1) is 0 Å². The van der Waals surface area contributed by atoms with E-state index >= 15 is 0 Å². The van der Waals surface area contributed by atoms with Crippen molar-refractivity contribution < 1.29 is 4.39 Å². The maximum absolute atomic E-state index is 13.9. The van der Waals surface area contributed by atoms with Crippen molar-refractivity contribution in [3.8, 4) is 0 Å². The SMILES string of the molecule is CCC(C)C1CN(c2cccc(F)c2C)C(C(C)C)CN1. The summed E-state index contributed by atoms with van der Waals surface area (Å²) in [7, 11) is 0. The van der Waals surface area contributed by atoms with E-state index in [1.54, 1.807) is 6.07 Å². The first kappa shape index (κ1) is 16.3. The normalized spacial score (nSPS) is 24.4. The highest BCUT2D eigenvalue weighted by Gasteiger charge is 2.32. The van der Waals surface area contributed by atoms with Crippen LogP contribution < -0.4 is 10.2 Å². The van der Waals surface area contributed by atoms with E-state index in [1.165, 1.54) is 6.42 Å². The summed E-state index contributed by atoms with van der Waals surface area (Å²) in [5, 5.41) is 3.70. The summed E-state index contributed by atoms with van der Waals surface area (Å²) in [6, 6.07) is 6.35. The number of anilines is 1. The van der Waals surface area contributed by atoms with Gasteiger partial charge in [-0.3, -0.25) is 0 Å². The van der Waals surface area contributed by atoms with Crippen LogP contribution in [0.4, 0.5) is 10.1 Å². The number of piperazine rings is 1. The molecule has 0 aromatic heterocycles. The number of benzene rings is 1. The van der Waals surface area contributed by atoms with Crippen LogP contribution in [-0.2, 0) is 0 Å². The molecule has 1 saturated heterocycles. The van der Waals surface area contributed by atoms with Gasteiger partial charge in [-0.2, -0.15) is 0 Å². The minimum atomic E-state index is -0.103. The van der Waals surface area contributed by atoms with Gasteiger partial charge in [0.25, 0.3) is 0 Å². The van der Waals surface area contributed by atoms with Crippen molar-refractivity contribution in [2.75, 3.05) is 18.0 Å². The third-order valence-corrected chi connectivity index (χ3v) is 5.03. The molecule has 0 bridgehead atoms. The van der Waals surface area contributed by atoms with Crippen molar-refractivity contribution in [3.05, 3.63) is 29.6 Å². The summed E-state index contributed by atoms with van der Waals surface area (Å²) in [5.74, 6) is 1.07. The molecule has 0 spiro atoms. The van der Waals surface area contributed by atoms with Gasteiger partial charge in [0.1, 0.15) is 5.82 Å². The van der Waals surface area contributed by atoms with Crippen LogP contribution in [0.2, 0.25) is 0 Å². The van der Waals surface area contributed by atoms with E-state index in [1.807, 2.05) is 13.0 Å². The zero-order valence-corrected chi connectivity index (χ0v) is 14.0. The Hall–Kier alpha value is -1.09. The smallest absolute Gasteiger partial charge is 0.128 e. The van der Waals surface area contributed by atoms with Crippen LogP contribution in [0.15, 0.2) is 18.2 Å². The molecular weight excluding hydrogens is 263 g/mol. The molecule has 2 nitrogen and oxygen atoms in total. The van der Waals surface area contributed by atoms with Crippen LogP contribution in [-0.4, -0.2) is 25.2 Å². The van der Waals surface area contributed by atoms with Crippen LogP contribution in [0.1, 0.15) is 39.7 Å². The average Bonchev–Trinajstić information content (AvgIpc) is 2.48. The number of hydrogen-bond acceptors (Lipinski definition) is 2. The van der Waals surface area contributed by atoms with E-state index in [4.69, 9.17) is 0 Å². The van der Waals surface area contributed by atoms with Gasteiger partial charge >= 0.3 is 0 Å². The fourth-order valence-electron chi connectivity index (χ4n) is 3.24. The summed E-state index contributed by atoms with van der Waals surface area (Å²) >= 11 is 0. The second kappa shape index (κ2) is 6.78. The first-order chi connectivity index (χ1) is 9.95. The molecule has 0 saturated carbocycles. The molecule has 1 aromatic rings. The Morgan fingerprint density at radius 3 is 2.67 bits per heavy atom. The molecule has 0 radical (unpaired) electrons. The molecule has 1 aliphatic rings. The lowest BCUT2D eigenvalue weighted by molar-refractivity contribution is 0.281. The predicted molar refractivity (Wildman–Crippen MR) is 88.4 cm³/mol. The quantitative estimate of drug-likeness (QED) is 0.903. The van der Waals surface area contributed by atoms with E-state index in [0.717, 1.165) is 24.3 Å². The molecule has 118 valence electrons. The van der Waals surface area contributed by atoms with Gasteiger partial charge in [0, 0.05) is 36.4 Å². The average molecular weight is 292 g/mol. The maximum Gasteiger partial charge on any atom is 0.128 e. The topological polar surface area (TPSA) is 15.3 Å². The molecule has 3 heteroatoms. The van der Waals surface area contributed by atoms with Gasteiger partial charge < -0.3 is 10.2 Å². The van der Waals surface area contributed by atoms with Gasteiger partial charge in [-0.15, -0.1) is 0 Å². The Bertz CT molecular complexity index is 472. The molecule has 0 aliphatic carbocycles. The molecule has 1 heterocycles. The standard InChI is InChI=1S/C18H29FN2/c1-6-13(4)16-11-21(18(10-20-16)12(2)3)17-9-7-8-15(19)14(17)5/h7-9,12-13,16,18,20H,6,10-11H2,1-5H3. The predicted octanol–water partition coefficient (Wildman–Crippen LogP) is 3.98. The highest BCUT2D eigenvalue weighted by molar-refractivity contribution is 5.55. The molecule has 21 heavy (non-hydrogen) atoms.